The van der Waals surface area contributed by atoms with Crippen LogP contribution in [-0.4, -0.2) is 25.2 Å². The first-order valence-corrected chi connectivity index (χ1v) is 6.30. The Hall–Kier alpha value is -2.76. The highest BCUT2D eigenvalue weighted by atomic mass is 16.5. The van der Waals surface area contributed by atoms with Gasteiger partial charge in [0, 0.05) is 5.69 Å². The van der Waals surface area contributed by atoms with E-state index in [0.717, 1.165) is 17.0 Å². The van der Waals surface area contributed by atoms with Crippen molar-refractivity contribution in [1.82, 2.24) is 4.98 Å². The zero-order valence-corrected chi connectivity index (χ0v) is 12.1. The number of carbonyl (C=O) groups excluding carboxylic acids is 1. The van der Waals surface area contributed by atoms with Gasteiger partial charge in [0.25, 0.3) is 0 Å². The molecule has 21 heavy (non-hydrogen) atoms. The normalized spacial score (nSPS) is 10.0. The van der Waals surface area contributed by atoms with E-state index in [2.05, 4.69) is 10.3 Å². The molecule has 0 saturated heterocycles. The number of anilines is 3. The summed E-state index contributed by atoms with van der Waals surface area (Å²) < 4.78 is 9.95. The van der Waals surface area contributed by atoms with Gasteiger partial charge in [0.2, 0.25) is 0 Å². The number of esters is 1. The molecule has 0 amide bonds. The molecule has 0 fully saturated rings. The molecule has 0 aliphatic carbocycles. The zero-order chi connectivity index (χ0) is 15.4. The van der Waals surface area contributed by atoms with Gasteiger partial charge in [0.05, 0.1) is 26.1 Å². The number of aromatic nitrogens is 1. The first-order valence-electron chi connectivity index (χ1n) is 6.30. The van der Waals surface area contributed by atoms with Crippen molar-refractivity contribution in [2.75, 3.05) is 25.3 Å². The lowest BCUT2D eigenvalue weighted by Crippen LogP contribution is -2.08. The molecule has 2 rings (SSSR count). The Kier molecular flexibility index (Phi) is 4.27. The second-order valence-corrected chi connectivity index (χ2v) is 4.47. The summed E-state index contributed by atoms with van der Waals surface area (Å²) in [6.45, 7) is 1.93. The molecule has 2 aromatic rings. The number of rotatable bonds is 4. The van der Waals surface area contributed by atoms with Crippen LogP contribution in [0.15, 0.2) is 30.5 Å². The first-order chi connectivity index (χ1) is 10.0. The van der Waals surface area contributed by atoms with Crippen molar-refractivity contribution in [3.8, 4) is 5.75 Å². The second-order valence-electron chi connectivity index (χ2n) is 4.47. The number of hydrogen-bond acceptors (Lipinski definition) is 6. The molecular formula is C15H17N3O3. The predicted octanol–water partition coefficient (Wildman–Crippen LogP) is 2.51. The minimum Gasteiger partial charge on any atom is -0.496 e. The standard InChI is InChI=1S/C15H17N3O3/c1-9-6-11(4-5-13(9)20-2)18-14-12(15(19)21-3)7-10(16)8-17-14/h4-8H,16H2,1-3H3,(H,17,18). The molecule has 110 valence electrons. The van der Waals surface area contributed by atoms with Crippen molar-refractivity contribution >= 4 is 23.2 Å². The van der Waals surface area contributed by atoms with Crippen LogP contribution in [0.5, 0.6) is 5.75 Å². The topological polar surface area (TPSA) is 86.5 Å². The van der Waals surface area contributed by atoms with Crippen LogP contribution < -0.4 is 15.8 Å². The second kappa shape index (κ2) is 6.13. The van der Waals surface area contributed by atoms with E-state index in [9.17, 15) is 4.79 Å². The highest BCUT2D eigenvalue weighted by Crippen LogP contribution is 2.25. The summed E-state index contributed by atoms with van der Waals surface area (Å²) >= 11 is 0. The van der Waals surface area contributed by atoms with Crippen molar-refractivity contribution in [3.05, 3.63) is 41.6 Å². The van der Waals surface area contributed by atoms with Crippen LogP contribution in [0.1, 0.15) is 15.9 Å². The molecule has 6 nitrogen and oxygen atoms in total. The fourth-order valence-electron chi connectivity index (χ4n) is 1.94. The van der Waals surface area contributed by atoms with Crippen molar-refractivity contribution in [3.63, 3.8) is 0 Å². The number of pyridine rings is 1. The number of methoxy groups -OCH3 is 2. The Bertz CT molecular complexity index is 671. The summed E-state index contributed by atoms with van der Waals surface area (Å²) in [6, 6.07) is 7.10. The average molecular weight is 287 g/mol. The van der Waals surface area contributed by atoms with Gasteiger partial charge in [-0.3, -0.25) is 0 Å². The van der Waals surface area contributed by atoms with Gasteiger partial charge in [-0.25, -0.2) is 9.78 Å². The van der Waals surface area contributed by atoms with Gasteiger partial charge < -0.3 is 20.5 Å². The van der Waals surface area contributed by atoms with Crippen LogP contribution >= 0.6 is 0 Å². The molecule has 0 bridgehead atoms. The average Bonchev–Trinajstić information content (AvgIpc) is 2.48. The molecule has 0 atom stereocenters. The van der Waals surface area contributed by atoms with Crippen molar-refractivity contribution in [1.29, 1.82) is 0 Å². The third-order valence-corrected chi connectivity index (χ3v) is 2.97. The van der Waals surface area contributed by atoms with E-state index < -0.39 is 5.97 Å². The van der Waals surface area contributed by atoms with E-state index in [1.54, 1.807) is 7.11 Å². The van der Waals surface area contributed by atoms with Gasteiger partial charge in [0.15, 0.2) is 0 Å². The number of nitrogens with zero attached hydrogens (tertiary/aromatic N) is 1. The van der Waals surface area contributed by atoms with E-state index in [0.29, 0.717) is 11.5 Å². The van der Waals surface area contributed by atoms with Gasteiger partial charge in [-0.1, -0.05) is 0 Å². The third-order valence-electron chi connectivity index (χ3n) is 2.97. The Morgan fingerprint density at radius 3 is 2.67 bits per heavy atom. The van der Waals surface area contributed by atoms with Crippen LogP contribution in [0, 0.1) is 6.92 Å². The van der Waals surface area contributed by atoms with E-state index in [1.165, 1.54) is 19.4 Å². The Labute approximate surface area is 122 Å². The van der Waals surface area contributed by atoms with Crippen LogP contribution in [0.25, 0.3) is 0 Å². The van der Waals surface area contributed by atoms with E-state index in [-0.39, 0.29) is 5.56 Å². The predicted molar refractivity (Wildman–Crippen MR) is 81.0 cm³/mol. The highest BCUT2D eigenvalue weighted by molar-refractivity contribution is 5.96. The number of nitrogens with two attached hydrogens (primary N) is 1. The number of ether oxygens (including phenoxy) is 2. The monoisotopic (exact) mass is 287 g/mol. The molecule has 0 spiro atoms. The number of benzene rings is 1. The largest absolute Gasteiger partial charge is 0.496 e. The van der Waals surface area contributed by atoms with Gasteiger partial charge in [0.1, 0.15) is 17.1 Å². The third kappa shape index (κ3) is 3.22. The lowest BCUT2D eigenvalue weighted by Gasteiger charge is -2.12. The maximum absolute atomic E-state index is 11.8. The fourth-order valence-corrected chi connectivity index (χ4v) is 1.94. The van der Waals surface area contributed by atoms with Crippen LogP contribution in [0.2, 0.25) is 0 Å². The summed E-state index contributed by atoms with van der Waals surface area (Å²) in [5.41, 5.74) is 8.10. The van der Waals surface area contributed by atoms with Crippen molar-refractivity contribution in [2.24, 2.45) is 0 Å². The number of aryl methyl sites for hydroxylation is 1. The Morgan fingerprint density at radius 1 is 1.29 bits per heavy atom. The molecule has 3 N–H and O–H groups in total. The quantitative estimate of drug-likeness (QED) is 0.840. The minimum atomic E-state index is -0.498. The molecule has 0 unspecified atom stereocenters. The van der Waals surface area contributed by atoms with E-state index >= 15 is 0 Å². The molecule has 6 heteroatoms. The molecular weight excluding hydrogens is 270 g/mol. The van der Waals surface area contributed by atoms with Gasteiger partial charge in [-0.05, 0) is 36.8 Å². The molecule has 0 saturated carbocycles. The van der Waals surface area contributed by atoms with Gasteiger partial charge in [-0.2, -0.15) is 0 Å². The maximum atomic E-state index is 11.8. The fraction of sp³-hybridized carbons (Fsp3) is 0.200. The molecule has 1 aromatic heterocycles. The maximum Gasteiger partial charge on any atom is 0.341 e. The number of hydrogen-bond donors (Lipinski definition) is 2. The molecule has 1 aromatic carbocycles. The summed E-state index contributed by atoms with van der Waals surface area (Å²) in [7, 11) is 2.93. The first kappa shape index (κ1) is 14.6. The van der Waals surface area contributed by atoms with Gasteiger partial charge >= 0.3 is 5.97 Å². The number of nitrogens with one attached hydrogen (secondary N) is 1. The highest BCUT2D eigenvalue weighted by Gasteiger charge is 2.14. The SMILES string of the molecule is COC(=O)c1cc(N)cnc1Nc1ccc(OC)c(C)c1. The van der Waals surface area contributed by atoms with E-state index in [4.69, 9.17) is 15.2 Å². The van der Waals surface area contributed by atoms with Crippen LogP contribution in [-0.2, 0) is 4.74 Å². The van der Waals surface area contributed by atoms with E-state index in [1.807, 2.05) is 25.1 Å². The number of carbonyl (C=O) groups is 1. The Balaban J connectivity index is 2.35. The zero-order valence-electron chi connectivity index (χ0n) is 12.1. The molecule has 0 radical (unpaired) electrons. The summed E-state index contributed by atoms with van der Waals surface area (Å²) in [6.07, 6.45) is 1.48. The summed E-state index contributed by atoms with van der Waals surface area (Å²) in [5.74, 6) is 0.683. The lowest BCUT2D eigenvalue weighted by molar-refractivity contribution is 0.0601. The summed E-state index contributed by atoms with van der Waals surface area (Å²) in [4.78, 5) is 15.9. The van der Waals surface area contributed by atoms with Crippen LogP contribution in [0.4, 0.5) is 17.2 Å². The summed E-state index contributed by atoms with van der Waals surface area (Å²) in [5, 5.41) is 3.08. The smallest absolute Gasteiger partial charge is 0.341 e. The lowest BCUT2D eigenvalue weighted by atomic mass is 10.2. The van der Waals surface area contributed by atoms with Gasteiger partial charge in [-0.15, -0.1) is 0 Å². The Morgan fingerprint density at radius 2 is 2.05 bits per heavy atom. The van der Waals surface area contributed by atoms with Crippen LogP contribution in [0.3, 0.4) is 0 Å². The molecule has 0 aliphatic heterocycles. The number of nitrogen functional groups attached to an aromatic ring is 1. The van der Waals surface area contributed by atoms with Crippen molar-refractivity contribution < 1.29 is 14.3 Å². The molecule has 1 heterocycles. The molecule has 0 aliphatic rings. The minimum absolute atomic E-state index is 0.283. The van der Waals surface area contributed by atoms with Crippen molar-refractivity contribution in [2.45, 2.75) is 6.92 Å².